The summed E-state index contributed by atoms with van der Waals surface area (Å²) in [6.45, 7) is 4.47. The Balaban J connectivity index is 1.35. The van der Waals surface area contributed by atoms with Crippen LogP contribution in [0.4, 0.5) is 0 Å². The maximum atomic E-state index is 12.8. The van der Waals surface area contributed by atoms with E-state index in [1.165, 1.54) is 29.2 Å². The summed E-state index contributed by atoms with van der Waals surface area (Å²) in [6.07, 6.45) is 1.55. The Labute approximate surface area is 195 Å². The number of imide groups is 1. The van der Waals surface area contributed by atoms with Crippen molar-refractivity contribution in [3.8, 4) is 0 Å². The Hall–Kier alpha value is -3.78. The predicted octanol–water partition coefficient (Wildman–Crippen LogP) is 3.54. The predicted molar refractivity (Wildman–Crippen MR) is 122 cm³/mol. The molecular weight excluding hydrogens is 438 g/mol. The first-order chi connectivity index (χ1) is 16.3. The third kappa shape index (κ3) is 3.80. The average Bonchev–Trinajstić information content (AvgIpc) is 3.42. The van der Waals surface area contributed by atoms with Gasteiger partial charge in [-0.25, -0.2) is 9.59 Å². The van der Waals surface area contributed by atoms with Crippen LogP contribution in [0, 0.1) is 13.8 Å². The number of hydrogen-bond acceptors (Lipinski definition) is 7. The zero-order valence-electron chi connectivity index (χ0n) is 18.9. The number of fused-ring (bicyclic) bond motifs is 2. The topological polar surface area (TPSA) is 103 Å². The minimum absolute atomic E-state index is 0.140. The fourth-order valence-electron chi connectivity index (χ4n) is 4.45. The van der Waals surface area contributed by atoms with Crippen molar-refractivity contribution in [1.82, 2.24) is 4.90 Å². The van der Waals surface area contributed by atoms with Gasteiger partial charge in [-0.05, 0) is 56.0 Å². The Morgan fingerprint density at radius 3 is 2.62 bits per heavy atom. The van der Waals surface area contributed by atoms with E-state index < -0.39 is 17.5 Å². The molecular formula is C26H23NO7. The molecule has 0 radical (unpaired) electrons. The van der Waals surface area contributed by atoms with Gasteiger partial charge in [-0.15, -0.1) is 0 Å². The summed E-state index contributed by atoms with van der Waals surface area (Å²) in [4.78, 5) is 51.5. The van der Waals surface area contributed by atoms with Crippen molar-refractivity contribution >= 4 is 28.8 Å². The van der Waals surface area contributed by atoms with Crippen LogP contribution in [0.5, 0.6) is 0 Å². The number of ether oxygens (including phenoxy) is 2. The maximum absolute atomic E-state index is 12.8. The van der Waals surface area contributed by atoms with Crippen LogP contribution in [-0.4, -0.2) is 41.9 Å². The molecule has 0 saturated carbocycles. The Kier molecular flexibility index (Phi) is 5.53. The van der Waals surface area contributed by atoms with Crippen molar-refractivity contribution in [2.24, 2.45) is 0 Å². The molecule has 1 saturated heterocycles. The SMILES string of the molecule is Cc1ccc2c(COC(=O)c3ccc4c(c3)C(=O)N(C[C@H]3CCCO3)C4=O)cc(=O)oc2c1C. The van der Waals surface area contributed by atoms with Gasteiger partial charge in [0.2, 0.25) is 0 Å². The van der Waals surface area contributed by atoms with Gasteiger partial charge in [0.05, 0.1) is 29.3 Å². The van der Waals surface area contributed by atoms with Crippen LogP contribution in [0.1, 0.15) is 60.6 Å². The fraction of sp³-hybridized carbons (Fsp3) is 0.308. The lowest BCUT2D eigenvalue weighted by molar-refractivity contribution is 0.0470. The van der Waals surface area contributed by atoms with Gasteiger partial charge in [-0.3, -0.25) is 14.5 Å². The summed E-state index contributed by atoms with van der Waals surface area (Å²) in [5.41, 5.74) is 2.88. The summed E-state index contributed by atoms with van der Waals surface area (Å²) in [5.74, 6) is -1.49. The highest BCUT2D eigenvalue weighted by Crippen LogP contribution is 2.27. The number of carbonyl (C=O) groups is 3. The van der Waals surface area contributed by atoms with Gasteiger partial charge in [0.1, 0.15) is 12.2 Å². The fourth-order valence-corrected chi connectivity index (χ4v) is 4.45. The van der Waals surface area contributed by atoms with E-state index in [-0.39, 0.29) is 41.9 Å². The van der Waals surface area contributed by atoms with E-state index >= 15 is 0 Å². The molecule has 2 amide bonds. The van der Waals surface area contributed by atoms with E-state index in [1.54, 1.807) is 0 Å². The molecule has 34 heavy (non-hydrogen) atoms. The number of nitrogens with zero attached hydrogens (tertiary/aromatic N) is 1. The van der Waals surface area contributed by atoms with Crippen LogP contribution in [0.2, 0.25) is 0 Å². The van der Waals surface area contributed by atoms with E-state index in [9.17, 15) is 19.2 Å². The Bertz CT molecular complexity index is 1400. The van der Waals surface area contributed by atoms with Crippen molar-refractivity contribution in [3.05, 3.63) is 80.2 Å². The summed E-state index contributed by atoms with van der Waals surface area (Å²) in [7, 11) is 0. The van der Waals surface area contributed by atoms with Crippen LogP contribution < -0.4 is 5.63 Å². The summed E-state index contributed by atoms with van der Waals surface area (Å²) < 4.78 is 16.4. The van der Waals surface area contributed by atoms with Gasteiger partial charge in [0.25, 0.3) is 11.8 Å². The van der Waals surface area contributed by atoms with Gasteiger partial charge in [0.15, 0.2) is 0 Å². The molecule has 2 aromatic carbocycles. The molecule has 0 unspecified atom stereocenters. The monoisotopic (exact) mass is 461 g/mol. The number of esters is 1. The molecule has 2 aliphatic heterocycles. The normalized spacial score (nSPS) is 17.5. The molecule has 3 aromatic rings. The van der Waals surface area contributed by atoms with Crippen LogP contribution in [0.3, 0.4) is 0 Å². The van der Waals surface area contributed by atoms with Gasteiger partial charge >= 0.3 is 11.6 Å². The summed E-state index contributed by atoms with van der Waals surface area (Å²) >= 11 is 0. The lowest BCUT2D eigenvalue weighted by atomic mass is 10.0. The number of rotatable bonds is 5. The molecule has 0 bridgehead atoms. The van der Waals surface area contributed by atoms with Crippen LogP contribution in [-0.2, 0) is 16.1 Å². The van der Waals surface area contributed by atoms with Gasteiger partial charge in [0, 0.05) is 23.6 Å². The molecule has 0 N–H and O–H groups in total. The second-order valence-electron chi connectivity index (χ2n) is 8.67. The molecule has 1 atom stereocenters. The smallest absolute Gasteiger partial charge is 0.338 e. The van der Waals surface area contributed by atoms with E-state index in [1.807, 2.05) is 26.0 Å². The maximum Gasteiger partial charge on any atom is 0.338 e. The second kappa shape index (κ2) is 8.53. The molecule has 5 rings (SSSR count). The third-order valence-electron chi connectivity index (χ3n) is 6.49. The minimum atomic E-state index is -0.661. The lowest BCUT2D eigenvalue weighted by Crippen LogP contribution is -2.36. The van der Waals surface area contributed by atoms with E-state index in [0.717, 1.165) is 24.0 Å². The molecule has 0 spiro atoms. The Morgan fingerprint density at radius 1 is 1.06 bits per heavy atom. The zero-order valence-corrected chi connectivity index (χ0v) is 18.9. The van der Waals surface area contributed by atoms with Crippen LogP contribution in [0.25, 0.3) is 11.0 Å². The molecule has 8 heteroatoms. The van der Waals surface area contributed by atoms with Crippen molar-refractivity contribution in [3.63, 3.8) is 0 Å². The molecule has 0 aliphatic carbocycles. The van der Waals surface area contributed by atoms with E-state index in [2.05, 4.69) is 0 Å². The minimum Gasteiger partial charge on any atom is -0.457 e. The lowest BCUT2D eigenvalue weighted by Gasteiger charge is -2.17. The van der Waals surface area contributed by atoms with Gasteiger partial charge in [-0.1, -0.05) is 12.1 Å². The quantitative estimate of drug-likeness (QED) is 0.325. The molecule has 1 fully saturated rings. The van der Waals surface area contributed by atoms with Crippen molar-refractivity contribution in [2.75, 3.05) is 13.2 Å². The highest BCUT2D eigenvalue weighted by atomic mass is 16.5. The van der Waals surface area contributed by atoms with E-state index in [4.69, 9.17) is 13.9 Å². The molecule has 1 aromatic heterocycles. The highest BCUT2D eigenvalue weighted by molar-refractivity contribution is 6.22. The largest absolute Gasteiger partial charge is 0.457 e. The Morgan fingerprint density at radius 2 is 1.85 bits per heavy atom. The number of amides is 2. The molecule has 3 heterocycles. The average molecular weight is 461 g/mol. The summed E-state index contributed by atoms with van der Waals surface area (Å²) in [6, 6.07) is 9.37. The number of aryl methyl sites for hydroxylation is 2. The highest BCUT2D eigenvalue weighted by Gasteiger charge is 2.38. The van der Waals surface area contributed by atoms with Gasteiger partial charge < -0.3 is 13.9 Å². The molecule has 2 aliphatic rings. The molecule has 174 valence electrons. The molecule has 8 nitrogen and oxygen atoms in total. The first-order valence-corrected chi connectivity index (χ1v) is 11.2. The third-order valence-corrected chi connectivity index (χ3v) is 6.49. The first kappa shape index (κ1) is 22.0. The van der Waals surface area contributed by atoms with Crippen molar-refractivity contribution in [1.29, 1.82) is 0 Å². The van der Waals surface area contributed by atoms with Crippen molar-refractivity contribution < 1.29 is 28.3 Å². The van der Waals surface area contributed by atoms with Crippen LogP contribution >= 0.6 is 0 Å². The van der Waals surface area contributed by atoms with Crippen molar-refractivity contribution in [2.45, 2.75) is 39.4 Å². The number of carbonyl (C=O) groups excluding carboxylic acids is 3. The standard InChI is InChI=1S/C26H23NO7/c1-14-5-7-19-17(11-22(28)34-23(19)15(14)2)13-33-26(31)16-6-8-20-21(10-16)25(30)27(24(20)29)12-18-4-3-9-32-18/h5-8,10-11,18H,3-4,9,12-13H2,1-2H3/t18-/m1/s1. The number of hydrogen-bond donors (Lipinski definition) is 0. The van der Waals surface area contributed by atoms with E-state index in [0.29, 0.717) is 23.1 Å². The number of benzene rings is 2. The van der Waals surface area contributed by atoms with Crippen LogP contribution in [0.15, 0.2) is 45.6 Å². The second-order valence-corrected chi connectivity index (χ2v) is 8.67. The first-order valence-electron chi connectivity index (χ1n) is 11.2. The van der Waals surface area contributed by atoms with Gasteiger partial charge in [-0.2, -0.15) is 0 Å². The zero-order chi connectivity index (χ0) is 24.0. The summed E-state index contributed by atoms with van der Waals surface area (Å²) in [5, 5.41) is 0.690.